The van der Waals surface area contributed by atoms with Gasteiger partial charge in [0.2, 0.25) is 0 Å². The molecule has 94 valence electrons. The Morgan fingerprint density at radius 1 is 1.24 bits per heavy atom. The van der Waals surface area contributed by atoms with Crippen molar-refractivity contribution < 1.29 is 8.85 Å². The standard InChI is InChI=1S/C13H21NO2Si/c1-12-9-10-14(17(12,15-2)16-3)11-13-7-5-4-6-8-13/h4-8,12H,9-11H2,1-3H3. The van der Waals surface area contributed by atoms with E-state index >= 15 is 0 Å². The van der Waals surface area contributed by atoms with Gasteiger partial charge in [0.05, 0.1) is 0 Å². The van der Waals surface area contributed by atoms with Crippen molar-refractivity contribution >= 4 is 8.72 Å². The molecular weight excluding hydrogens is 230 g/mol. The number of nitrogens with zero attached hydrogens (tertiary/aromatic N) is 1. The van der Waals surface area contributed by atoms with Gasteiger partial charge in [-0.1, -0.05) is 37.3 Å². The molecular formula is C13H21NO2Si. The van der Waals surface area contributed by atoms with Gasteiger partial charge in [-0.15, -0.1) is 0 Å². The molecule has 1 aromatic carbocycles. The van der Waals surface area contributed by atoms with Gasteiger partial charge in [0.25, 0.3) is 0 Å². The summed E-state index contributed by atoms with van der Waals surface area (Å²) in [4.78, 5) is 0. The maximum Gasteiger partial charge on any atom is 0.430 e. The van der Waals surface area contributed by atoms with E-state index in [4.69, 9.17) is 8.85 Å². The lowest BCUT2D eigenvalue weighted by atomic mass is 10.2. The smallest absolute Gasteiger partial charge is 0.386 e. The third-order valence-electron chi connectivity index (χ3n) is 3.70. The Hall–Kier alpha value is -0.683. The van der Waals surface area contributed by atoms with Crippen LogP contribution in [-0.4, -0.2) is 34.1 Å². The number of rotatable bonds is 4. The van der Waals surface area contributed by atoms with Crippen LogP contribution in [0.25, 0.3) is 0 Å². The van der Waals surface area contributed by atoms with Crippen molar-refractivity contribution in [3.63, 3.8) is 0 Å². The highest BCUT2D eigenvalue weighted by Crippen LogP contribution is 2.37. The quantitative estimate of drug-likeness (QED) is 0.768. The largest absolute Gasteiger partial charge is 0.430 e. The van der Waals surface area contributed by atoms with Crippen LogP contribution in [0.4, 0.5) is 0 Å². The minimum atomic E-state index is -2.16. The fourth-order valence-corrected chi connectivity index (χ4v) is 6.19. The van der Waals surface area contributed by atoms with E-state index in [0.717, 1.165) is 13.1 Å². The SMILES string of the molecule is CO[Si]1(OC)C(C)CCN1Cc1ccccc1. The molecule has 1 aromatic rings. The molecule has 1 heterocycles. The lowest BCUT2D eigenvalue weighted by Crippen LogP contribution is -2.54. The van der Waals surface area contributed by atoms with Crippen molar-refractivity contribution in [1.29, 1.82) is 0 Å². The van der Waals surface area contributed by atoms with E-state index in [2.05, 4.69) is 35.8 Å². The fraction of sp³-hybridized carbons (Fsp3) is 0.538. The summed E-state index contributed by atoms with van der Waals surface area (Å²) < 4.78 is 14.0. The lowest BCUT2D eigenvalue weighted by Gasteiger charge is -2.34. The van der Waals surface area contributed by atoms with Crippen LogP contribution in [0.3, 0.4) is 0 Å². The molecule has 0 amide bonds. The number of hydrogen-bond acceptors (Lipinski definition) is 3. The van der Waals surface area contributed by atoms with Gasteiger partial charge in [0.1, 0.15) is 0 Å². The summed E-state index contributed by atoms with van der Waals surface area (Å²) in [5.74, 6) is 0. The van der Waals surface area contributed by atoms with E-state index in [1.165, 1.54) is 12.0 Å². The molecule has 0 N–H and O–H groups in total. The van der Waals surface area contributed by atoms with Gasteiger partial charge in [-0.3, -0.25) is 4.57 Å². The summed E-state index contributed by atoms with van der Waals surface area (Å²) >= 11 is 0. The molecule has 17 heavy (non-hydrogen) atoms. The van der Waals surface area contributed by atoms with E-state index in [0.29, 0.717) is 5.54 Å². The Balaban J connectivity index is 2.15. The third kappa shape index (κ3) is 2.31. The summed E-state index contributed by atoms with van der Waals surface area (Å²) in [6.45, 7) is 4.24. The van der Waals surface area contributed by atoms with Gasteiger partial charge in [-0.05, 0) is 18.5 Å². The van der Waals surface area contributed by atoms with E-state index in [9.17, 15) is 0 Å². The summed E-state index contributed by atoms with van der Waals surface area (Å²) in [7, 11) is 1.41. The Morgan fingerprint density at radius 2 is 1.88 bits per heavy atom. The van der Waals surface area contributed by atoms with Crippen molar-refractivity contribution in [3.8, 4) is 0 Å². The monoisotopic (exact) mass is 251 g/mol. The maximum absolute atomic E-state index is 5.79. The van der Waals surface area contributed by atoms with E-state index < -0.39 is 8.72 Å². The van der Waals surface area contributed by atoms with Gasteiger partial charge in [0.15, 0.2) is 0 Å². The van der Waals surface area contributed by atoms with Crippen molar-refractivity contribution in [1.82, 2.24) is 4.57 Å². The molecule has 1 unspecified atom stereocenters. The van der Waals surface area contributed by atoms with Gasteiger partial charge in [-0.2, -0.15) is 0 Å². The zero-order valence-electron chi connectivity index (χ0n) is 10.8. The van der Waals surface area contributed by atoms with Crippen molar-refractivity contribution in [3.05, 3.63) is 35.9 Å². The summed E-state index contributed by atoms with van der Waals surface area (Å²) in [6.07, 6.45) is 1.17. The zero-order chi connectivity index (χ0) is 12.3. The molecule has 3 nitrogen and oxygen atoms in total. The van der Waals surface area contributed by atoms with Crippen LogP contribution < -0.4 is 0 Å². The second kappa shape index (κ2) is 5.31. The second-order valence-electron chi connectivity index (χ2n) is 4.64. The van der Waals surface area contributed by atoms with Gasteiger partial charge in [0, 0.05) is 26.3 Å². The number of hydrogen-bond donors (Lipinski definition) is 0. The predicted molar refractivity (Wildman–Crippen MR) is 70.7 cm³/mol. The molecule has 0 saturated carbocycles. The molecule has 1 atom stereocenters. The van der Waals surface area contributed by atoms with Crippen LogP contribution in [0, 0.1) is 0 Å². The summed E-state index contributed by atoms with van der Waals surface area (Å²) in [5, 5.41) is 0. The molecule has 2 rings (SSSR count). The lowest BCUT2D eigenvalue weighted by molar-refractivity contribution is 0.173. The molecule has 1 saturated heterocycles. The van der Waals surface area contributed by atoms with Crippen molar-refractivity contribution in [2.75, 3.05) is 20.8 Å². The third-order valence-corrected chi connectivity index (χ3v) is 7.66. The molecule has 1 aliphatic rings. The number of benzene rings is 1. The molecule has 0 spiro atoms. The minimum absolute atomic E-state index is 0.529. The second-order valence-corrected chi connectivity index (χ2v) is 8.33. The highest BCUT2D eigenvalue weighted by molar-refractivity contribution is 6.66. The molecule has 0 radical (unpaired) electrons. The highest BCUT2D eigenvalue weighted by atomic mass is 28.4. The average molecular weight is 251 g/mol. The van der Waals surface area contributed by atoms with Crippen LogP contribution in [0.1, 0.15) is 18.9 Å². The first kappa shape index (κ1) is 12.8. The topological polar surface area (TPSA) is 21.7 Å². The Labute approximate surface area is 105 Å². The first-order chi connectivity index (χ1) is 8.23. The summed E-state index contributed by atoms with van der Waals surface area (Å²) in [6, 6.07) is 10.5. The first-order valence-corrected chi connectivity index (χ1v) is 7.96. The van der Waals surface area contributed by atoms with E-state index in [1.54, 1.807) is 14.2 Å². The molecule has 1 aliphatic heterocycles. The Kier molecular flexibility index (Phi) is 3.99. The average Bonchev–Trinajstić information content (AvgIpc) is 2.68. The van der Waals surface area contributed by atoms with Crippen LogP contribution >= 0.6 is 0 Å². The van der Waals surface area contributed by atoms with Crippen LogP contribution in [0.5, 0.6) is 0 Å². The highest BCUT2D eigenvalue weighted by Gasteiger charge is 2.53. The van der Waals surface area contributed by atoms with E-state index in [1.807, 2.05) is 6.07 Å². The fourth-order valence-electron chi connectivity index (χ4n) is 2.74. The van der Waals surface area contributed by atoms with Crippen LogP contribution in [0.2, 0.25) is 5.54 Å². The normalized spacial score (nSPS) is 24.1. The first-order valence-electron chi connectivity index (χ1n) is 6.12. The molecule has 1 fully saturated rings. The summed E-state index contributed by atoms with van der Waals surface area (Å²) in [5.41, 5.74) is 1.86. The Morgan fingerprint density at radius 3 is 2.47 bits per heavy atom. The van der Waals surface area contributed by atoms with Crippen molar-refractivity contribution in [2.24, 2.45) is 0 Å². The van der Waals surface area contributed by atoms with Crippen LogP contribution in [0.15, 0.2) is 30.3 Å². The molecule has 0 aliphatic carbocycles. The maximum atomic E-state index is 5.79. The van der Waals surface area contributed by atoms with Crippen molar-refractivity contribution in [2.45, 2.75) is 25.4 Å². The zero-order valence-corrected chi connectivity index (χ0v) is 11.8. The minimum Gasteiger partial charge on any atom is -0.386 e. The Bertz CT molecular complexity index is 354. The van der Waals surface area contributed by atoms with Crippen LogP contribution in [-0.2, 0) is 15.4 Å². The molecule has 0 aromatic heterocycles. The molecule has 4 heteroatoms. The van der Waals surface area contributed by atoms with Gasteiger partial charge < -0.3 is 8.85 Å². The molecule has 0 bridgehead atoms. The van der Waals surface area contributed by atoms with Gasteiger partial charge >= 0.3 is 8.72 Å². The van der Waals surface area contributed by atoms with E-state index in [-0.39, 0.29) is 0 Å². The predicted octanol–water partition coefficient (Wildman–Crippen LogP) is 2.51. The van der Waals surface area contributed by atoms with Gasteiger partial charge in [-0.25, -0.2) is 0 Å².